The van der Waals surface area contributed by atoms with Crippen LogP contribution in [0.3, 0.4) is 0 Å². The highest BCUT2D eigenvalue weighted by Gasteiger charge is 2.13. The van der Waals surface area contributed by atoms with E-state index in [0.29, 0.717) is 6.42 Å². The minimum atomic E-state index is -0.448. The van der Waals surface area contributed by atoms with Crippen LogP contribution in [0.4, 0.5) is 0 Å². The number of thiophene rings is 1. The van der Waals surface area contributed by atoms with Crippen molar-refractivity contribution in [3.05, 3.63) is 49.9 Å². The predicted molar refractivity (Wildman–Crippen MR) is 74.4 cm³/mol. The van der Waals surface area contributed by atoms with Crippen molar-refractivity contribution in [3.63, 3.8) is 0 Å². The number of aliphatic hydroxyl groups is 1. The van der Waals surface area contributed by atoms with Crippen LogP contribution in [-0.2, 0) is 6.42 Å². The predicted octanol–water partition coefficient (Wildman–Crippen LogP) is 3.80. The van der Waals surface area contributed by atoms with Crippen LogP contribution in [0.1, 0.15) is 27.0 Å². The molecule has 0 aliphatic heterocycles. The van der Waals surface area contributed by atoms with E-state index in [1.54, 1.807) is 23.7 Å². The zero-order chi connectivity index (χ0) is 12.4. The number of aromatic nitrogens is 1. The summed E-state index contributed by atoms with van der Waals surface area (Å²) in [5.74, 6) is 0. The van der Waals surface area contributed by atoms with Crippen molar-refractivity contribution in [2.24, 2.45) is 0 Å². The van der Waals surface area contributed by atoms with Gasteiger partial charge >= 0.3 is 0 Å². The molecule has 0 amide bonds. The highest BCUT2D eigenvalue weighted by Crippen LogP contribution is 2.28. The van der Waals surface area contributed by atoms with Gasteiger partial charge in [0.1, 0.15) is 0 Å². The number of pyridine rings is 1. The summed E-state index contributed by atoms with van der Waals surface area (Å²) < 4.78 is 0.945. The monoisotopic (exact) mass is 311 g/mol. The van der Waals surface area contributed by atoms with Gasteiger partial charge in [-0.05, 0) is 53.0 Å². The molecule has 1 atom stereocenters. The van der Waals surface area contributed by atoms with Crippen LogP contribution >= 0.6 is 27.3 Å². The van der Waals surface area contributed by atoms with Gasteiger partial charge in [-0.25, -0.2) is 0 Å². The van der Waals surface area contributed by atoms with E-state index in [0.717, 1.165) is 15.6 Å². The molecule has 2 nitrogen and oxygen atoms in total. The Morgan fingerprint density at radius 2 is 2.12 bits per heavy atom. The van der Waals surface area contributed by atoms with Gasteiger partial charge in [-0.1, -0.05) is 0 Å². The van der Waals surface area contributed by atoms with Gasteiger partial charge in [-0.3, -0.25) is 4.98 Å². The first-order valence-electron chi connectivity index (χ1n) is 5.40. The normalized spacial score (nSPS) is 12.7. The molecule has 0 aliphatic carbocycles. The van der Waals surface area contributed by atoms with E-state index in [9.17, 15) is 5.11 Å². The van der Waals surface area contributed by atoms with Crippen LogP contribution in [0.2, 0.25) is 0 Å². The molecule has 0 fully saturated rings. The molecule has 0 aliphatic rings. The largest absolute Gasteiger partial charge is 0.388 e. The maximum atomic E-state index is 10.2. The molecule has 0 radical (unpaired) electrons. The molecule has 2 rings (SSSR count). The van der Waals surface area contributed by atoms with Crippen molar-refractivity contribution in [1.82, 2.24) is 4.98 Å². The van der Waals surface area contributed by atoms with E-state index in [-0.39, 0.29) is 0 Å². The number of halogens is 1. The standard InChI is InChI=1S/C13H14BrNOS/c1-8-3-12(9(2)17-8)13(16)5-10-4-11(14)7-15-6-10/h3-4,6-7,13,16H,5H2,1-2H3. The van der Waals surface area contributed by atoms with Crippen LogP contribution in [0, 0.1) is 13.8 Å². The highest BCUT2D eigenvalue weighted by atomic mass is 79.9. The van der Waals surface area contributed by atoms with Crippen molar-refractivity contribution < 1.29 is 5.11 Å². The molecule has 0 bridgehead atoms. The highest BCUT2D eigenvalue weighted by molar-refractivity contribution is 9.10. The molecule has 1 N–H and O–H groups in total. The third-order valence-electron chi connectivity index (χ3n) is 2.63. The lowest BCUT2D eigenvalue weighted by Gasteiger charge is -2.10. The second-order valence-electron chi connectivity index (χ2n) is 4.10. The number of hydrogen-bond acceptors (Lipinski definition) is 3. The maximum absolute atomic E-state index is 10.2. The first-order valence-corrected chi connectivity index (χ1v) is 7.01. The zero-order valence-corrected chi connectivity index (χ0v) is 12.2. The van der Waals surface area contributed by atoms with Crippen LogP contribution in [0.5, 0.6) is 0 Å². The van der Waals surface area contributed by atoms with Crippen molar-refractivity contribution in [2.75, 3.05) is 0 Å². The summed E-state index contributed by atoms with van der Waals surface area (Å²) in [7, 11) is 0. The van der Waals surface area contributed by atoms with Crippen LogP contribution in [0.25, 0.3) is 0 Å². The van der Waals surface area contributed by atoms with Gasteiger partial charge in [0.25, 0.3) is 0 Å². The lowest BCUT2D eigenvalue weighted by Crippen LogP contribution is -2.02. The van der Waals surface area contributed by atoms with Crippen molar-refractivity contribution in [1.29, 1.82) is 0 Å². The quantitative estimate of drug-likeness (QED) is 0.935. The molecule has 0 saturated carbocycles. The molecule has 1 unspecified atom stereocenters. The fourth-order valence-corrected chi connectivity index (χ4v) is 3.28. The molecule has 2 aromatic rings. The fourth-order valence-electron chi connectivity index (χ4n) is 1.88. The van der Waals surface area contributed by atoms with Crippen molar-refractivity contribution in [3.8, 4) is 0 Å². The van der Waals surface area contributed by atoms with Gasteiger partial charge in [0.15, 0.2) is 0 Å². The van der Waals surface area contributed by atoms with E-state index >= 15 is 0 Å². The summed E-state index contributed by atoms with van der Waals surface area (Å²) >= 11 is 5.11. The Kier molecular flexibility index (Phi) is 3.97. The summed E-state index contributed by atoms with van der Waals surface area (Å²) in [6.07, 6.45) is 3.69. The van der Waals surface area contributed by atoms with E-state index in [2.05, 4.69) is 40.8 Å². The first-order chi connectivity index (χ1) is 8.06. The molecule has 0 spiro atoms. The number of rotatable bonds is 3. The minimum Gasteiger partial charge on any atom is -0.388 e. The molecular formula is C13H14BrNOS. The number of nitrogens with zero attached hydrogens (tertiary/aromatic N) is 1. The first kappa shape index (κ1) is 12.7. The summed E-state index contributed by atoms with van der Waals surface area (Å²) in [4.78, 5) is 6.54. The average Bonchev–Trinajstić information content (AvgIpc) is 2.58. The van der Waals surface area contributed by atoms with E-state index < -0.39 is 6.10 Å². The van der Waals surface area contributed by atoms with E-state index in [4.69, 9.17) is 0 Å². The fraction of sp³-hybridized carbons (Fsp3) is 0.308. The molecular weight excluding hydrogens is 298 g/mol. The molecule has 90 valence electrons. The van der Waals surface area contributed by atoms with Gasteiger partial charge in [-0.2, -0.15) is 0 Å². The van der Waals surface area contributed by atoms with Gasteiger partial charge in [0.2, 0.25) is 0 Å². The Morgan fingerprint density at radius 3 is 2.71 bits per heavy atom. The molecule has 2 aromatic heterocycles. The van der Waals surface area contributed by atoms with Crippen LogP contribution < -0.4 is 0 Å². The van der Waals surface area contributed by atoms with Crippen LogP contribution in [-0.4, -0.2) is 10.1 Å². The lowest BCUT2D eigenvalue weighted by atomic mass is 10.0. The Balaban J connectivity index is 2.16. The number of hydrogen-bond donors (Lipinski definition) is 1. The molecule has 0 saturated heterocycles. The van der Waals surface area contributed by atoms with E-state index in [1.165, 1.54) is 9.75 Å². The SMILES string of the molecule is Cc1cc(C(O)Cc2cncc(Br)c2)c(C)s1. The summed E-state index contributed by atoms with van der Waals surface area (Å²) in [5.41, 5.74) is 2.07. The lowest BCUT2D eigenvalue weighted by molar-refractivity contribution is 0.178. The van der Waals surface area contributed by atoms with Crippen molar-refractivity contribution >= 4 is 27.3 Å². The summed E-state index contributed by atoms with van der Waals surface area (Å²) in [5, 5.41) is 10.2. The average molecular weight is 312 g/mol. The summed E-state index contributed by atoms with van der Waals surface area (Å²) in [6.45, 7) is 4.12. The summed E-state index contributed by atoms with van der Waals surface area (Å²) in [6, 6.07) is 4.06. The number of aryl methyl sites for hydroxylation is 2. The Hall–Kier alpha value is -0.710. The Bertz CT molecular complexity index is 524. The molecule has 17 heavy (non-hydrogen) atoms. The Morgan fingerprint density at radius 1 is 1.35 bits per heavy atom. The maximum Gasteiger partial charge on any atom is 0.0841 e. The zero-order valence-electron chi connectivity index (χ0n) is 9.77. The topological polar surface area (TPSA) is 33.1 Å². The van der Waals surface area contributed by atoms with Crippen LogP contribution in [0.15, 0.2) is 29.0 Å². The second kappa shape index (κ2) is 5.29. The van der Waals surface area contributed by atoms with Gasteiger partial charge < -0.3 is 5.11 Å². The Labute approximate surface area is 113 Å². The number of aliphatic hydroxyl groups excluding tert-OH is 1. The van der Waals surface area contributed by atoms with Crippen molar-refractivity contribution in [2.45, 2.75) is 26.4 Å². The molecule has 4 heteroatoms. The smallest absolute Gasteiger partial charge is 0.0841 e. The minimum absolute atomic E-state index is 0.448. The van der Waals surface area contributed by atoms with Gasteiger partial charge in [0, 0.05) is 33.0 Å². The van der Waals surface area contributed by atoms with Gasteiger partial charge in [0.05, 0.1) is 6.10 Å². The van der Waals surface area contributed by atoms with Gasteiger partial charge in [-0.15, -0.1) is 11.3 Å². The molecule has 2 heterocycles. The molecule has 0 aromatic carbocycles. The second-order valence-corrected chi connectivity index (χ2v) is 6.48. The van der Waals surface area contributed by atoms with E-state index in [1.807, 2.05) is 6.07 Å². The third-order valence-corrected chi connectivity index (χ3v) is 4.04. The third kappa shape index (κ3) is 3.15.